The maximum atomic E-state index is 15.0. The van der Waals surface area contributed by atoms with E-state index in [0.717, 1.165) is 25.7 Å². The standard InChI is InChI=1S/C28H28ClFN6O4/c29-22-11-12-23(36-16-31-33-34-36)21(26(22)30)10-13-25(37)35-15-19(17-4-2-1-3-5-17)14-24(35)27(38)32-20-8-6-18(7-9-20)28(39)40/h6-13,16-17,19,24H,1-5,14-15H2,(H,32,38)(H,39,40)/b13-10+/t19-,24-/m0/s1. The number of amides is 2. The van der Waals surface area contributed by atoms with Gasteiger partial charge in [0.1, 0.15) is 12.4 Å². The molecule has 1 aliphatic carbocycles. The number of carboxylic acids is 1. The van der Waals surface area contributed by atoms with E-state index < -0.39 is 23.7 Å². The van der Waals surface area contributed by atoms with Crippen LogP contribution in [0.15, 0.2) is 48.8 Å². The third-order valence-corrected chi connectivity index (χ3v) is 8.03. The number of nitrogens with zero attached hydrogens (tertiary/aromatic N) is 5. The molecule has 3 aromatic rings. The monoisotopic (exact) mass is 566 g/mol. The summed E-state index contributed by atoms with van der Waals surface area (Å²) in [6.07, 6.45) is 9.99. The fourth-order valence-electron chi connectivity index (χ4n) is 5.67. The number of hydrogen-bond donors (Lipinski definition) is 2. The largest absolute Gasteiger partial charge is 0.478 e. The van der Waals surface area contributed by atoms with Gasteiger partial charge in [0.2, 0.25) is 11.8 Å². The SMILES string of the molecule is O=C(O)c1ccc(NC(=O)[C@@H]2C[C@H](C3CCCCC3)CN2C(=O)/C=C/c2c(-n3cnnn3)ccc(Cl)c2F)cc1. The fourth-order valence-corrected chi connectivity index (χ4v) is 5.83. The zero-order valence-corrected chi connectivity index (χ0v) is 22.3. The zero-order chi connectivity index (χ0) is 28.2. The maximum absolute atomic E-state index is 15.0. The number of aromatic nitrogens is 4. The highest BCUT2D eigenvalue weighted by Crippen LogP contribution is 2.38. The topological polar surface area (TPSA) is 130 Å². The Labute approximate surface area is 234 Å². The van der Waals surface area contributed by atoms with E-state index in [1.165, 1.54) is 64.8 Å². The van der Waals surface area contributed by atoms with Crippen LogP contribution >= 0.6 is 11.6 Å². The molecule has 40 heavy (non-hydrogen) atoms. The Bertz CT molecular complexity index is 1420. The molecule has 2 atom stereocenters. The van der Waals surface area contributed by atoms with E-state index in [1.54, 1.807) is 6.07 Å². The molecule has 5 rings (SSSR count). The van der Waals surface area contributed by atoms with Gasteiger partial charge in [0.05, 0.1) is 16.3 Å². The molecule has 2 aromatic carbocycles. The molecule has 1 saturated heterocycles. The van der Waals surface area contributed by atoms with Crippen molar-refractivity contribution < 1.29 is 23.9 Å². The van der Waals surface area contributed by atoms with Crippen LogP contribution in [-0.4, -0.2) is 60.6 Å². The zero-order valence-electron chi connectivity index (χ0n) is 21.5. The highest BCUT2D eigenvalue weighted by molar-refractivity contribution is 6.31. The summed E-state index contributed by atoms with van der Waals surface area (Å²) in [7, 11) is 0. The summed E-state index contributed by atoms with van der Waals surface area (Å²) in [4.78, 5) is 39.6. The summed E-state index contributed by atoms with van der Waals surface area (Å²) in [6, 6.07) is 8.05. The lowest BCUT2D eigenvalue weighted by Gasteiger charge is -2.27. The molecule has 10 nitrogen and oxygen atoms in total. The third-order valence-electron chi connectivity index (χ3n) is 7.73. The number of tetrazole rings is 1. The molecule has 0 spiro atoms. The average molecular weight is 567 g/mol. The second-order valence-electron chi connectivity index (χ2n) is 10.2. The van der Waals surface area contributed by atoms with E-state index in [4.69, 9.17) is 16.7 Å². The maximum Gasteiger partial charge on any atom is 0.335 e. The molecule has 12 heteroatoms. The van der Waals surface area contributed by atoms with E-state index in [0.29, 0.717) is 30.3 Å². The summed E-state index contributed by atoms with van der Waals surface area (Å²) in [5, 5.41) is 22.8. The number of rotatable bonds is 7. The highest BCUT2D eigenvalue weighted by Gasteiger charge is 2.42. The minimum Gasteiger partial charge on any atom is -0.478 e. The minimum absolute atomic E-state index is 0.0377. The number of halogens is 2. The second-order valence-corrected chi connectivity index (χ2v) is 10.6. The van der Waals surface area contributed by atoms with Crippen LogP contribution in [0.25, 0.3) is 11.8 Å². The van der Waals surface area contributed by atoms with Crippen molar-refractivity contribution in [2.24, 2.45) is 11.8 Å². The number of carbonyl (C=O) groups is 3. The van der Waals surface area contributed by atoms with Crippen molar-refractivity contribution in [3.8, 4) is 5.69 Å². The Hall–Kier alpha value is -4.12. The van der Waals surface area contributed by atoms with Crippen molar-refractivity contribution >= 4 is 41.1 Å². The van der Waals surface area contributed by atoms with Crippen LogP contribution in [0.4, 0.5) is 10.1 Å². The lowest BCUT2D eigenvalue weighted by atomic mass is 9.79. The minimum atomic E-state index is -1.06. The van der Waals surface area contributed by atoms with Gasteiger partial charge in [-0.05, 0) is 71.2 Å². The highest BCUT2D eigenvalue weighted by atomic mass is 35.5. The van der Waals surface area contributed by atoms with Crippen molar-refractivity contribution in [2.75, 3.05) is 11.9 Å². The Morgan fingerprint density at radius 3 is 2.48 bits per heavy atom. The number of nitrogens with one attached hydrogen (secondary N) is 1. The molecule has 0 bridgehead atoms. The quantitative estimate of drug-likeness (QED) is 0.400. The van der Waals surface area contributed by atoms with Crippen LogP contribution in [0.1, 0.15) is 54.4 Å². The van der Waals surface area contributed by atoms with Gasteiger partial charge in [-0.2, -0.15) is 4.68 Å². The summed E-state index contributed by atoms with van der Waals surface area (Å²) in [5.74, 6) is -1.97. The van der Waals surface area contributed by atoms with Gasteiger partial charge in [0.15, 0.2) is 5.82 Å². The van der Waals surface area contributed by atoms with Crippen molar-refractivity contribution in [3.63, 3.8) is 0 Å². The lowest BCUT2D eigenvalue weighted by molar-refractivity contribution is -0.132. The second kappa shape index (κ2) is 12.0. The molecule has 2 N–H and O–H groups in total. The molecule has 1 saturated carbocycles. The van der Waals surface area contributed by atoms with Crippen LogP contribution < -0.4 is 5.32 Å². The first-order valence-electron chi connectivity index (χ1n) is 13.2. The first-order valence-corrected chi connectivity index (χ1v) is 13.5. The van der Waals surface area contributed by atoms with E-state index in [-0.39, 0.29) is 28.0 Å². The van der Waals surface area contributed by atoms with E-state index >= 15 is 4.39 Å². The molecule has 2 fully saturated rings. The van der Waals surface area contributed by atoms with Crippen LogP contribution in [0.3, 0.4) is 0 Å². The molecule has 0 radical (unpaired) electrons. The van der Waals surface area contributed by atoms with Gasteiger partial charge >= 0.3 is 5.97 Å². The van der Waals surface area contributed by atoms with Crippen molar-refractivity contribution in [2.45, 2.75) is 44.6 Å². The van der Waals surface area contributed by atoms with Gasteiger partial charge in [-0.1, -0.05) is 43.7 Å². The number of likely N-dealkylation sites (tertiary alicyclic amines) is 1. The van der Waals surface area contributed by atoms with Gasteiger partial charge in [0, 0.05) is 23.9 Å². The van der Waals surface area contributed by atoms with Gasteiger partial charge in [-0.15, -0.1) is 5.10 Å². The molecule has 2 amide bonds. The Morgan fingerprint density at radius 1 is 1.05 bits per heavy atom. The third kappa shape index (κ3) is 5.89. The number of benzene rings is 2. The fraction of sp³-hybridized carbons (Fsp3) is 0.357. The lowest BCUT2D eigenvalue weighted by Crippen LogP contribution is -2.42. The van der Waals surface area contributed by atoms with E-state index in [9.17, 15) is 14.4 Å². The number of aromatic carboxylic acids is 1. The molecular formula is C28H28ClFN6O4. The van der Waals surface area contributed by atoms with Crippen LogP contribution in [0, 0.1) is 17.7 Å². The van der Waals surface area contributed by atoms with Crippen LogP contribution in [0.5, 0.6) is 0 Å². The molecule has 2 heterocycles. The number of carboxylic acid groups (broad SMARTS) is 1. The molecule has 1 aromatic heterocycles. The van der Waals surface area contributed by atoms with Crippen molar-refractivity contribution in [1.29, 1.82) is 0 Å². The normalized spacial score (nSPS) is 19.7. The summed E-state index contributed by atoms with van der Waals surface area (Å²) in [5.41, 5.74) is 0.880. The van der Waals surface area contributed by atoms with Crippen molar-refractivity contribution in [3.05, 3.63) is 70.8 Å². The Kier molecular flexibility index (Phi) is 8.20. The molecule has 208 valence electrons. The number of carbonyl (C=O) groups excluding carboxylic acids is 2. The molecular weight excluding hydrogens is 539 g/mol. The first kappa shape index (κ1) is 27.4. The van der Waals surface area contributed by atoms with Gasteiger partial charge in [-0.3, -0.25) is 9.59 Å². The van der Waals surface area contributed by atoms with E-state index in [2.05, 4.69) is 20.8 Å². The number of anilines is 1. The molecule has 1 aliphatic heterocycles. The summed E-state index contributed by atoms with van der Waals surface area (Å²) >= 11 is 6.01. The van der Waals surface area contributed by atoms with Crippen LogP contribution in [-0.2, 0) is 9.59 Å². The van der Waals surface area contributed by atoms with Crippen LogP contribution in [0.2, 0.25) is 5.02 Å². The smallest absolute Gasteiger partial charge is 0.335 e. The molecule has 2 aliphatic rings. The van der Waals surface area contributed by atoms with Gasteiger partial charge < -0.3 is 15.3 Å². The predicted octanol–water partition coefficient (Wildman–Crippen LogP) is 4.60. The Balaban J connectivity index is 1.39. The van der Waals surface area contributed by atoms with Crippen molar-refractivity contribution in [1.82, 2.24) is 25.1 Å². The van der Waals surface area contributed by atoms with E-state index in [1.807, 2.05) is 0 Å². The van der Waals surface area contributed by atoms with Gasteiger partial charge in [0.25, 0.3) is 0 Å². The Morgan fingerprint density at radius 2 is 1.80 bits per heavy atom. The predicted molar refractivity (Wildman–Crippen MR) is 145 cm³/mol. The summed E-state index contributed by atoms with van der Waals surface area (Å²) in [6.45, 7) is 0.418. The average Bonchev–Trinajstić information content (AvgIpc) is 3.66. The van der Waals surface area contributed by atoms with Gasteiger partial charge in [-0.25, -0.2) is 9.18 Å². The molecule has 0 unspecified atom stereocenters. The number of hydrogen-bond acceptors (Lipinski definition) is 6. The summed E-state index contributed by atoms with van der Waals surface area (Å²) < 4.78 is 16.3. The first-order chi connectivity index (χ1) is 19.3.